The summed E-state index contributed by atoms with van der Waals surface area (Å²) >= 11 is 0. The van der Waals surface area contributed by atoms with Gasteiger partial charge >= 0.3 is 0 Å². The Morgan fingerprint density at radius 1 is 0.769 bits per heavy atom. The lowest BCUT2D eigenvalue weighted by Crippen LogP contribution is -2.70. The maximum Gasteiger partial charge on any atom is 0.127 e. The van der Waals surface area contributed by atoms with Crippen molar-refractivity contribution < 1.29 is 46.9 Å². The molecule has 0 bridgehead atoms. The Hall–Kier alpha value is -1.71. The van der Waals surface area contributed by atoms with Crippen molar-refractivity contribution >= 4 is 17.9 Å². The van der Waals surface area contributed by atoms with Crippen molar-refractivity contribution in [3.05, 3.63) is 0 Å². The van der Waals surface area contributed by atoms with E-state index >= 15 is 0 Å². The molecule has 9 heteroatoms. The third kappa shape index (κ3) is 17.1. The number of carbonyl (C=O) groups is 3. The van der Waals surface area contributed by atoms with Crippen molar-refractivity contribution in [2.24, 2.45) is 17.8 Å². The monoisotopic (exact) mass is 379 g/mol. The number of carboxylic acid groups (broad SMARTS) is 3. The van der Waals surface area contributed by atoms with Gasteiger partial charge in [-0.1, -0.05) is 41.5 Å². The van der Waals surface area contributed by atoms with Crippen LogP contribution >= 0.6 is 0 Å². The maximum absolute atomic E-state index is 10.1. The predicted octanol–water partition coefficient (Wildman–Crippen LogP) is -5.21. The molecule has 0 spiro atoms. The average Bonchev–Trinajstić information content (AvgIpc) is 2.52. The van der Waals surface area contributed by atoms with Gasteiger partial charge in [0, 0.05) is 18.3 Å². The standard InChI is InChI=1S/2C6H13NO2.C5H11NO2/c1-4(2)3-5(7)6(8)9;1-3-4(2)5(7)6(8)9;1-3(2)4(6)5(7)8/h2*4-5H,3,7H2,1-2H3,(H,8,9);3-4H,6H2,1-2H3,(H,7,8). The van der Waals surface area contributed by atoms with E-state index in [4.69, 9.17) is 0 Å². The summed E-state index contributed by atoms with van der Waals surface area (Å²) in [4.78, 5) is 30.2. The summed E-state index contributed by atoms with van der Waals surface area (Å²) in [6.07, 6.45) is 1.44. The molecule has 0 saturated carbocycles. The molecule has 156 valence electrons. The van der Waals surface area contributed by atoms with E-state index in [2.05, 4.69) is 17.2 Å². The van der Waals surface area contributed by atoms with Crippen LogP contribution in [0.1, 0.15) is 54.4 Å². The van der Waals surface area contributed by atoms with Gasteiger partial charge in [-0.05, 0) is 12.3 Å². The Morgan fingerprint density at radius 2 is 1.15 bits per heavy atom. The highest BCUT2D eigenvalue weighted by Gasteiger charge is 2.14. The van der Waals surface area contributed by atoms with Crippen LogP contribution in [0.4, 0.5) is 0 Å². The molecule has 0 amide bonds. The summed E-state index contributed by atoms with van der Waals surface area (Å²) in [5.74, 6) is -2.60. The third-order valence-corrected chi connectivity index (χ3v) is 3.83. The SMILES string of the molecule is CC(C)C([NH3+])C(=O)[O-].CC(C)CC([NH3+])C(=O)[O-].CCC(C)C([NH3+])C(=O)[O-]. The Labute approximate surface area is 155 Å². The van der Waals surface area contributed by atoms with Gasteiger partial charge in [0.2, 0.25) is 0 Å². The summed E-state index contributed by atoms with van der Waals surface area (Å²) < 4.78 is 0. The molecule has 0 radical (unpaired) electrons. The van der Waals surface area contributed by atoms with Crippen LogP contribution in [0.25, 0.3) is 0 Å². The second-order valence-electron chi connectivity index (χ2n) is 7.13. The van der Waals surface area contributed by atoms with E-state index in [0.29, 0.717) is 12.3 Å². The van der Waals surface area contributed by atoms with Gasteiger partial charge in [0.25, 0.3) is 0 Å². The molecule has 9 N–H and O–H groups in total. The van der Waals surface area contributed by atoms with Gasteiger partial charge < -0.3 is 46.9 Å². The second kappa shape index (κ2) is 15.5. The van der Waals surface area contributed by atoms with E-state index in [-0.39, 0.29) is 11.8 Å². The highest BCUT2D eigenvalue weighted by atomic mass is 16.4. The van der Waals surface area contributed by atoms with Gasteiger partial charge in [-0.3, -0.25) is 0 Å². The summed E-state index contributed by atoms with van der Waals surface area (Å²) in [5, 5.41) is 30.2. The average molecular weight is 379 g/mol. The molecule has 0 rings (SSSR count). The molecule has 0 fully saturated rings. The number of carboxylic acids is 3. The minimum atomic E-state index is -1.07. The molecule has 0 heterocycles. The van der Waals surface area contributed by atoms with Crippen LogP contribution < -0.4 is 32.5 Å². The van der Waals surface area contributed by atoms with E-state index in [1.165, 1.54) is 0 Å². The molecule has 0 aromatic carbocycles. The van der Waals surface area contributed by atoms with Gasteiger partial charge in [0.15, 0.2) is 0 Å². The molecular weight excluding hydrogens is 342 g/mol. The first-order valence-corrected chi connectivity index (χ1v) is 8.80. The van der Waals surface area contributed by atoms with Crippen LogP contribution in [-0.2, 0) is 14.4 Å². The van der Waals surface area contributed by atoms with E-state index in [1.54, 1.807) is 13.8 Å². The number of carbonyl (C=O) groups excluding carboxylic acids is 3. The molecule has 4 unspecified atom stereocenters. The zero-order valence-electron chi connectivity index (χ0n) is 16.9. The Balaban J connectivity index is -0.000000306. The number of aliphatic carboxylic acids is 3. The molecule has 4 atom stereocenters. The van der Waals surface area contributed by atoms with Gasteiger partial charge in [0.1, 0.15) is 18.1 Å². The first-order chi connectivity index (χ1) is 11.7. The van der Waals surface area contributed by atoms with Crippen LogP contribution in [0, 0.1) is 17.8 Å². The van der Waals surface area contributed by atoms with E-state index in [9.17, 15) is 29.7 Å². The molecule has 0 aliphatic heterocycles. The van der Waals surface area contributed by atoms with Gasteiger partial charge in [-0.2, -0.15) is 0 Å². The fourth-order valence-electron chi connectivity index (χ4n) is 1.45. The molecule has 0 aromatic heterocycles. The van der Waals surface area contributed by atoms with Crippen LogP contribution in [0.3, 0.4) is 0 Å². The molecule has 9 nitrogen and oxygen atoms in total. The summed E-state index contributed by atoms with van der Waals surface area (Å²) in [6, 6.07) is -1.69. The maximum atomic E-state index is 10.1. The fourth-order valence-corrected chi connectivity index (χ4v) is 1.45. The minimum absolute atomic E-state index is 0.0694. The first-order valence-electron chi connectivity index (χ1n) is 8.80. The second-order valence-corrected chi connectivity index (χ2v) is 7.13. The van der Waals surface area contributed by atoms with E-state index in [0.717, 1.165) is 6.42 Å². The summed E-state index contributed by atoms with van der Waals surface area (Å²) in [5.41, 5.74) is 10.2. The van der Waals surface area contributed by atoms with Crippen LogP contribution in [0.2, 0.25) is 0 Å². The summed E-state index contributed by atoms with van der Waals surface area (Å²) in [6.45, 7) is 11.3. The topological polar surface area (TPSA) is 203 Å². The zero-order chi connectivity index (χ0) is 21.6. The van der Waals surface area contributed by atoms with Crippen LogP contribution in [-0.4, -0.2) is 36.0 Å². The molecule has 0 aromatic rings. The van der Waals surface area contributed by atoms with Gasteiger partial charge in [0.05, 0.1) is 17.9 Å². The van der Waals surface area contributed by atoms with Crippen molar-refractivity contribution in [1.82, 2.24) is 0 Å². The lowest BCUT2D eigenvalue weighted by molar-refractivity contribution is -0.447. The fraction of sp³-hybridized carbons (Fsp3) is 0.824. The van der Waals surface area contributed by atoms with Crippen molar-refractivity contribution in [2.45, 2.75) is 72.5 Å². The molecule has 0 saturated heterocycles. The van der Waals surface area contributed by atoms with Gasteiger partial charge in [-0.15, -0.1) is 0 Å². The molecule has 0 aliphatic rings. The highest BCUT2D eigenvalue weighted by molar-refractivity contribution is 5.69. The molecular formula is C17H37N3O6. The normalized spacial score (nSPS) is 14.9. The minimum Gasteiger partial charge on any atom is -0.544 e. The van der Waals surface area contributed by atoms with E-state index in [1.807, 2.05) is 27.7 Å². The number of quaternary nitrogens is 3. The highest BCUT2D eigenvalue weighted by Crippen LogP contribution is 2.01. The Bertz CT molecular complexity index is 415. The van der Waals surface area contributed by atoms with E-state index < -0.39 is 36.0 Å². The number of hydrogen-bond acceptors (Lipinski definition) is 6. The van der Waals surface area contributed by atoms with Crippen molar-refractivity contribution in [3.63, 3.8) is 0 Å². The Morgan fingerprint density at radius 3 is 1.23 bits per heavy atom. The van der Waals surface area contributed by atoms with Crippen LogP contribution in [0.5, 0.6) is 0 Å². The summed E-state index contributed by atoms with van der Waals surface area (Å²) in [7, 11) is 0. The third-order valence-electron chi connectivity index (χ3n) is 3.83. The van der Waals surface area contributed by atoms with Crippen LogP contribution in [0.15, 0.2) is 0 Å². The predicted molar refractivity (Wildman–Crippen MR) is 88.8 cm³/mol. The molecule has 26 heavy (non-hydrogen) atoms. The smallest absolute Gasteiger partial charge is 0.127 e. The van der Waals surface area contributed by atoms with Crippen molar-refractivity contribution in [3.8, 4) is 0 Å². The number of hydrogen-bond donors (Lipinski definition) is 3. The van der Waals surface area contributed by atoms with Crippen molar-refractivity contribution in [2.75, 3.05) is 0 Å². The first kappa shape index (κ1) is 29.1. The zero-order valence-corrected chi connectivity index (χ0v) is 16.9. The largest absolute Gasteiger partial charge is 0.544 e. The lowest BCUT2D eigenvalue weighted by atomic mass is 10.0. The lowest BCUT2D eigenvalue weighted by Gasteiger charge is -2.14. The quantitative estimate of drug-likeness (QED) is 0.375. The Kier molecular flexibility index (Phi) is 17.4. The number of rotatable bonds is 8. The van der Waals surface area contributed by atoms with Gasteiger partial charge in [-0.25, -0.2) is 0 Å². The molecule has 0 aliphatic carbocycles. The van der Waals surface area contributed by atoms with Crippen molar-refractivity contribution in [1.29, 1.82) is 0 Å².